The summed E-state index contributed by atoms with van der Waals surface area (Å²) in [5.74, 6) is -1.36. The molecule has 0 N–H and O–H groups in total. The number of carbonyl (C=O) groups excluding carboxylic acids is 1. The van der Waals surface area contributed by atoms with Gasteiger partial charge in [-0.2, -0.15) is 0 Å². The van der Waals surface area contributed by atoms with Gasteiger partial charge in [0.25, 0.3) is 0 Å². The van der Waals surface area contributed by atoms with Gasteiger partial charge in [0.15, 0.2) is 9.84 Å². The molecule has 3 atom stereocenters. The molecule has 0 unspecified atom stereocenters. The molecule has 1 saturated heterocycles. The number of halogens is 1. The molecule has 128 valence electrons. The zero-order valence-corrected chi connectivity index (χ0v) is 14.6. The molecule has 1 heterocycles. The van der Waals surface area contributed by atoms with Crippen LogP contribution in [0.15, 0.2) is 24.3 Å². The van der Waals surface area contributed by atoms with E-state index in [1.807, 2.05) is 13.8 Å². The minimum atomic E-state index is -3.68. The van der Waals surface area contributed by atoms with Crippen molar-refractivity contribution in [2.75, 3.05) is 5.75 Å². The van der Waals surface area contributed by atoms with E-state index in [-0.39, 0.29) is 18.0 Å². The third-order valence-electron chi connectivity index (χ3n) is 4.66. The Kier molecular flexibility index (Phi) is 5.45. The van der Waals surface area contributed by atoms with E-state index in [1.165, 1.54) is 25.1 Å². The molecular weight excluding hydrogens is 317 g/mol. The first-order valence-corrected chi connectivity index (χ1v) is 9.72. The van der Waals surface area contributed by atoms with Crippen molar-refractivity contribution in [3.05, 3.63) is 35.6 Å². The van der Waals surface area contributed by atoms with Gasteiger partial charge < -0.3 is 4.90 Å². The van der Waals surface area contributed by atoms with E-state index in [4.69, 9.17) is 0 Å². The van der Waals surface area contributed by atoms with Crippen LogP contribution in [0.1, 0.15) is 50.8 Å². The van der Waals surface area contributed by atoms with Crippen LogP contribution in [0.2, 0.25) is 0 Å². The van der Waals surface area contributed by atoms with Gasteiger partial charge in [0.1, 0.15) is 11.6 Å². The topological polar surface area (TPSA) is 54.5 Å². The van der Waals surface area contributed by atoms with Gasteiger partial charge in [0, 0.05) is 12.1 Å². The van der Waals surface area contributed by atoms with E-state index >= 15 is 0 Å². The highest BCUT2D eigenvalue weighted by Crippen LogP contribution is 2.26. The van der Waals surface area contributed by atoms with E-state index in [1.54, 1.807) is 11.0 Å². The van der Waals surface area contributed by atoms with E-state index in [9.17, 15) is 17.6 Å². The first-order valence-electron chi connectivity index (χ1n) is 8.00. The predicted octanol–water partition coefficient (Wildman–Crippen LogP) is 3.09. The summed E-state index contributed by atoms with van der Waals surface area (Å²) < 4.78 is 38.4. The lowest BCUT2D eigenvalue weighted by Gasteiger charge is -2.39. The third kappa shape index (κ3) is 4.10. The van der Waals surface area contributed by atoms with Gasteiger partial charge in [0.2, 0.25) is 5.91 Å². The van der Waals surface area contributed by atoms with Gasteiger partial charge in [-0.1, -0.05) is 12.1 Å². The monoisotopic (exact) mass is 341 g/mol. The molecule has 0 aromatic heterocycles. The molecule has 4 nitrogen and oxygen atoms in total. The van der Waals surface area contributed by atoms with Crippen molar-refractivity contribution in [2.45, 2.75) is 57.4 Å². The lowest BCUT2D eigenvalue weighted by Crippen LogP contribution is -2.49. The van der Waals surface area contributed by atoms with Crippen molar-refractivity contribution >= 4 is 15.7 Å². The average molecular weight is 341 g/mol. The van der Waals surface area contributed by atoms with Crippen molar-refractivity contribution in [1.82, 2.24) is 4.90 Å². The van der Waals surface area contributed by atoms with Crippen molar-refractivity contribution in [3.8, 4) is 0 Å². The Hall–Kier alpha value is -1.43. The number of amides is 1. The van der Waals surface area contributed by atoms with Crippen LogP contribution in [0.3, 0.4) is 0 Å². The third-order valence-corrected chi connectivity index (χ3v) is 6.66. The molecule has 0 saturated carbocycles. The minimum Gasteiger partial charge on any atom is -0.336 e. The van der Waals surface area contributed by atoms with E-state index in [2.05, 4.69) is 0 Å². The second kappa shape index (κ2) is 6.99. The minimum absolute atomic E-state index is 0.0610. The zero-order valence-electron chi connectivity index (χ0n) is 13.8. The first-order chi connectivity index (χ1) is 10.7. The molecule has 1 aromatic carbocycles. The number of nitrogens with zero attached hydrogens (tertiary/aromatic N) is 1. The molecule has 0 bridgehead atoms. The van der Waals surface area contributed by atoms with Crippen molar-refractivity contribution in [1.29, 1.82) is 0 Å². The van der Waals surface area contributed by atoms with Crippen LogP contribution in [-0.2, 0) is 14.6 Å². The molecule has 1 aromatic rings. The number of likely N-dealkylation sites (tertiary alicyclic amines) is 1. The maximum atomic E-state index is 13.3. The SMILES string of the molecule is C[C@@H]1CCC[C@H](C)N1C(=O)CS(=O)(=O)[C@@H](C)c1cccc(F)c1. The highest BCUT2D eigenvalue weighted by molar-refractivity contribution is 7.92. The number of hydrogen-bond donors (Lipinski definition) is 0. The molecule has 6 heteroatoms. The maximum Gasteiger partial charge on any atom is 0.238 e. The highest BCUT2D eigenvalue weighted by atomic mass is 32.2. The molecule has 0 spiro atoms. The smallest absolute Gasteiger partial charge is 0.238 e. The molecule has 1 aliphatic heterocycles. The van der Waals surface area contributed by atoms with Crippen LogP contribution >= 0.6 is 0 Å². The van der Waals surface area contributed by atoms with E-state index < -0.39 is 26.7 Å². The Morgan fingerprint density at radius 3 is 2.48 bits per heavy atom. The number of piperidine rings is 1. The molecule has 1 aliphatic rings. The normalized spacial score (nSPS) is 23.6. The maximum absolute atomic E-state index is 13.3. The Morgan fingerprint density at radius 2 is 1.91 bits per heavy atom. The second-order valence-corrected chi connectivity index (χ2v) is 8.76. The molecule has 23 heavy (non-hydrogen) atoms. The lowest BCUT2D eigenvalue weighted by molar-refractivity contribution is -0.134. The van der Waals surface area contributed by atoms with Crippen LogP contribution in [0.5, 0.6) is 0 Å². The van der Waals surface area contributed by atoms with Gasteiger partial charge in [-0.05, 0) is 57.7 Å². The number of sulfone groups is 1. The Labute approximate surface area is 137 Å². The van der Waals surface area contributed by atoms with Crippen LogP contribution in [-0.4, -0.2) is 37.1 Å². The number of rotatable bonds is 4. The van der Waals surface area contributed by atoms with Crippen molar-refractivity contribution in [3.63, 3.8) is 0 Å². The average Bonchev–Trinajstić information content (AvgIpc) is 2.45. The summed E-state index contributed by atoms with van der Waals surface area (Å²) in [6.07, 6.45) is 2.85. The van der Waals surface area contributed by atoms with Gasteiger partial charge >= 0.3 is 0 Å². The van der Waals surface area contributed by atoms with Gasteiger partial charge in [-0.25, -0.2) is 12.8 Å². The summed E-state index contributed by atoms with van der Waals surface area (Å²) in [6, 6.07) is 5.65. The van der Waals surface area contributed by atoms with Crippen LogP contribution in [0.4, 0.5) is 4.39 Å². The summed E-state index contributed by atoms with van der Waals surface area (Å²) in [7, 11) is -3.68. The zero-order chi connectivity index (χ0) is 17.2. The van der Waals surface area contributed by atoms with Gasteiger partial charge in [-0.15, -0.1) is 0 Å². The highest BCUT2D eigenvalue weighted by Gasteiger charge is 2.33. The number of carbonyl (C=O) groups is 1. The first kappa shape index (κ1) is 17.9. The van der Waals surface area contributed by atoms with Crippen LogP contribution < -0.4 is 0 Å². The predicted molar refractivity (Wildman–Crippen MR) is 88.2 cm³/mol. The summed E-state index contributed by atoms with van der Waals surface area (Å²) in [5.41, 5.74) is 0.373. The molecule has 0 aliphatic carbocycles. The van der Waals surface area contributed by atoms with E-state index in [0.717, 1.165) is 19.3 Å². The summed E-state index contributed by atoms with van der Waals surface area (Å²) in [6.45, 7) is 5.41. The van der Waals surface area contributed by atoms with Crippen LogP contribution in [0.25, 0.3) is 0 Å². The standard InChI is InChI=1S/C17H24FNO3S/c1-12-6-4-7-13(2)19(12)17(20)11-23(21,22)14(3)15-8-5-9-16(18)10-15/h5,8-10,12-14H,4,6-7,11H2,1-3H3/t12-,13+,14-/m0/s1. The summed E-state index contributed by atoms with van der Waals surface area (Å²) in [5, 5.41) is -0.905. The second-order valence-electron chi connectivity index (χ2n) is 6.43. The molecule has 1 fully saturated rings. The Morgan fingerprint density at radius 1 is 1.30 bits per heavy atom. The van der Waals surface area contributed by atoms with Gasteiger partial charge in [-0.3, -0.25) is 4.79 Å². The molecule has 1 amide bonds. The van der Waals surface area contributed by atoms with E-state index in [0.29, 0.717) is 5.56 Å². The Balaban J connectivity index is 2.15. The largest absolute Gasteiger partial charge is 0.336 e. The Bertz CT molecular complexity index is 664. The molecule has 0 radical (unpaired) electrons. The lowest BCUT2D eigenvalue weighted by atomic mass is 9.98. The summed E-state index contributed by atoms with van der Waals surface area (Å²) in [4.78, 5) is 14.2. The van der Waals surface area contributed by atoms with Crippen molar-refractivity contribution in [2.24, 2.45) is 0 Å². The molecular formula is C17H24FNO3S. The summed E-state index contributed by atoms with van der Waals surface area (Å²) >= 11 is 0. The molecule has 2 rings (SSSR count). The fraction of sp³-hybridized carbons (Fsp3) is 0.588. The fourth-order valence-electron chi connectivity index (χ4n) is 3.25. The number of hydrogen-bond acceptors (Lipinski definition) is 3. The fourth-order valence-corrected chi connectivity index (χ4v) is 4.56. The van der Waals surface area contributed by atoms with Crippen LogP contribution in [0, 0.1) is 5.82 Å². The number of benzene rings is 1. The quantitative estimate of drug-likeness (QED) is 0.846. The van der Waals surface area contributed by atoms with Gasteiger partial charge in [0.05, 0.1) is 5.25 Å². The van der Waals surface area contributed by atoms with Crippen molar-refractivity contribution < 1.29 is 17.6 Å².